The molecule has 0 fully saturated rings. The first kappa shape index (κ1) is 27.6. The van der Waals surface area contributed by atoms with Crippen molar-refractivity contribution in [3.05, 3.63) is 111 Å². The zero-order valence-electron chi connectivity index (χ0n) is 21.3. The van der Waals surface area contributed by atoms with Gasteiger partial charge in [0.15, 0.2) is 0 Å². The molecule has 5 nitrogen and oxygen atoms in total. The molecule has 0 saturated carbocycles. The van der Waals surface area contributed by atoms with Crippen LogP contribution in [-0.2, 0) is 19.4 Å². The minimum atomic E-state index is -1.06. The maximum Gasteiger partial charge on any atom is 0.270 e. The molecule has 0 aliphatic rings. The van der Waals surface area contributed by atoms with Crippen LogP contribution in [0.25, 0.3) is 10.9 Å². The number of aryl methyl sites for hydroxylation is 2. The van der Waals surface area contributed by atoms with Gasteiger partial charge in [-0.2, -0.15) is 0 Å². The van der Waals surface area contributed by atoms with E-state index in [4.69, 9.17) is 11.6 Å². The summed E-state index contributed by atoms with van der Waals surface area (Å²) < 4.78 is 27.7. The number of halogens is 3. The van der Waals surface area contributed by atoms with Crippen LogP contribution in [0.2, 0.25) is 5.02 Å². The smallest absolute Gasteiger partial charge is 0.270 e. The molecule has 0 saturated heterocycles. The molecule has 2 atom stereocenters. The standard InChI is InChI=1S/C30H30ClF2N3O2/c1-3-19-5-4-6-20(10-19)16-34-17-29(37)27(13-21-11-22(32)14-23(33)12-21)36-30(38)28-15-25(31)24-9-18(2)7-8-26(24)35-28/h4-12,14-15,27,29,34,37H,3,13,16-17H2,1-2H3,(H,36,38)/t27-,29-/m0/s1. The van der Waals surface area contributed by atoms with E-state index < -0.39 is 29.7 Å². The number of aromatic nitrogens is 1. The van der Waals surface area contributed by atoms with Crippen LogP contribution in [-0.4, -0.2) is 34.7 Å². The number of carbonyl (C=O) groups is 1. The summed E-state index contributed by atoms with van der Waals surface area (Å²) in [5, 5.41) is 18.1. The lowest BCUT2D eigenvalue weighted by Gasteiger charge is -2.25. The number of pyridine rings is 1. The molecule has 0 spiro atoms. The second kappa shape index (κ2) is 12.4. The first-order chi connectivity index (χ1) is 18.2. The summed E-state index contributed by atoms with van der Waals surface area (Å²) in [6, 6.07) is 17.4. The normalized spacial score (nSPS) is 12.9. The van der Waals surface area contributed by atoms with Crippen molar-refractivity contribution < 1.29 is 18.7 Å². The Morgan fingerprint density at radius 1 is 1.00 bits per heavy atom. The fourth-order valence-electron chi connectivity index (χ4n) is 4.39. The van der Waals surface area contributed by atoms with Gasteiger partial charge in [-0.1, -0.05) is 54.4 Å². The largest absolute Gasteiger partial charge is 0.390 e. The molecule has 0 aliphatic heterocycles. The van der Waals surface area contributed by atoms with Crippen molar-refractivity contribution in [3.8, 4) is 0 Å². The van der Waals surface area contributed by atoms with Crippen LogP contribution in [0, 0.1) is 18.6 Å². The predicted molar refractivity (Wildman–Crippen MR) is 146 cm³/mol. The van der Waals surface area contributed by atoms with E-state index in [0.29, 0.717) is 22.6 Å². The molecule has 198 valence electrons. The van der Waals surface area contributed by atoms with Crippen molar-refractivity contribution in [1.82, 2.24) is 15.6 Å². The lowest BCUT2D eigenvalue weighted by molar-refractivity contribution is 0.0825. The molecule has 4 rings (SSSR count). The summed E-state index contributed by atoms with van der Waals surface area (Å²) in [5.74, 6) is -2.01. The third-order valence-electron chi connectivity index (χ3n) is 6.39. The first-order valence-corrected chi connectivity index (χ1v) is 12.9. The molecule has 4 aromatic rings. The van der Waals surface area contributed by atoms with Crippen LogP contribution in [0.15, 0.2) is 66.7 Å². The minimum Gasteiger partial charge on any atom is -0.390 e. The van der Waals surface area contributed by atoms with E-state index in [1.54, 1.807) is 6.07 Å². The Kier molecular flexibility index (Phi) is 9.05. The van der Waals surface area contributed by atoms with E-state index in [1.165, 1.54) is 23.8 Å². The Morgan fingerprint density at radius 2 is 1.74 bits per heavy atom. The van der Waals surface area contributed by atoms with Gasteiger partial charge in [0.25, 0.3) is 5.91 Å². The van der Waals surface area contributed by atoms with Crippen molar-refractivity contribution in [1.29, 1.82) is 0 Å². The highest BCUT2D eigenvalue weighted by molar-refractivity contribution is 6.35. The van der Waals surface area contributed by atoms with Crippen LogP contribution >= 0.6 is 11.6 Å². The van der Waals surface area contributed by atoms with Crippen molar-refractivity contribution in [2.45, 2.75) is 45.4 Å². The molecule has 0 bridgehead atoms. The molecular formula is C30H30ClF2N3O2. The maximum absolute atomic E-state index is 13.9. The summed E-state index contributed by atoms with van der Waals surface area (Å²) in [6.45, 7) is 4.68. The maximum atomic E-state index is 13.9. The van der Waals surface area contributed by atoms with Crippen LogP contribution < -0.4 is 10.6 Å². The molecule has 0 aliphatic carbocycles. The summed E-state index contributed by atoms with van der Waals surface area (Å²) in [5.41, 5.74) is 4.24. The van der Waals surface area contributed by atoms with Gasteiger partial charge in [-0.3, -0.25) is 4.79 Å². The number of aliphatic hydroxyl groups is 1. The molecule has 1 aromatic heterocycles. The van der Waals surface area contributed by atoms with Gasteiger partial charge in [-0.25, -0.2) is 13.8 Å². The summed E-state index contributed by atoms with van der Waals surface area (Å²) >= 11 is 6.43. The van der Waals surface area contributed by atoms with E-state index in [0.717, 1.165) is 29.0 Å². The fraction of sp³-hybridized carbons (Fsp3) is 0.267. The number of benzene rings is 3. The number of nitrogens with zero attached hydrogens (tertiary/aromatic N) is 1. The van der Waals surface area contributed by atoms with Crippen molar-refractivity contribution in [2.75, 3.05) is 6.54 Å². The minimum absolute atomic E-state index is 0.00902. The number of amides is 1. The van der Waals surface area contributed by atoms with Crippen LogP contribution in [0.3, 0.4) is 0 Å². The third kappa shape index (κ3) is 7.13. The van der Waals surface area contributed by atoms with Gasteiger partial charge in [0, 0.05) is 24.5 Å². The number of hydrogen-bond donors (Lipinski definition) is 3. The quantitative estimate of drug-likeness (QED) is 0.249. The topological polar surface area (TPSA) is 74.2 Å². The highest BCUT2D eigenvalue weighted by Crippen LogP contribution is 2.24. The summed E-state index contributed by atoms with van der Waals surface area (Å²) in [6.07, 6.45) is -0.130. The van der Waals surface area contributed by atoms with Gasteiger partial charge in [-0.15, -0.1) is 0 Å². The molecule has 1 amide bonds. The van der Waals surface area contributed by atoms with Gasteiger partial charge in [0.2, 0.25) is 0 Å². The van der Waals surface area contributed by atoms with E-state index in [9.17, 15) is 18.7 Å². The van der Waals surface area contributed by atoms with E-state index in [2.05, 4.69) is 34.7 Å². The monoisotopic (exact) mass is 537 g/mol. The van der Waals surface area contributed by atoms with Gasteiger partial charge >= 0.3 is 0 Å². The van der Waals surface area contributed by atoms with Crippen molar-refractivity contribution in [2.24, 2.45) is 0 Å². The number of carbonyl (C=O) groups excluding carboxylic acids is 1. The number of rotatable bonds is 10. The van der Waals surface area contributed by atoms with Crippen LogP contribution in [0.5, 0.6) is 0 Å². The lowest BCUT2D eigenvalue weighted by atomic mass is 10.00. The number of fused-ring (bicyclic) bond motifs is 1. The summed E-state index contributed by atoms with van der Waals surface area (Å²) in [7, 11) is 0. The van der Waals surface area contributed by atoms with Gasteiger partial charge in [0.05, 0.1) is 22.7 Å². The first-order valence-electron chi connectivity index (χ1n) is 12.5. The molecule has 0 unspecified atom stereocenters. The Morgan fingerprint density at radius 3 is 2.47 bits per heavy atom. The molecule has 3 aromatic carbocycles. The molecule has 8 heteroatoms. The Bertz CT molecular complexity index is 1430. The van der Waals surface area contributed by atoms with E-state index >= 15 is 0 Å². The van der Waals surface area contributed by atoms with Gasteiger partial charge < -0.3 is 15.7 Å². The van der Waals surface area contributed by atoms with Gasteiger partial charge in [0.1, 0.15) is 17.3 Å². The van der Waals surface area contributed by atoms with E-state index in [1.807, 2.05) is 31.2 Å². The van der Waals surface area contributed by atoms with Crippen molar-refractivity contribution >= 4 is 28.4 Å². The SMILES string of the molecule is CCc1cccc(CNC[C@H](O)[C@H](Cc2cc(F)cc(F)c2)NC(=O)c2cc(Cl)c3cc(C)ccc3n2)c1. The fourth-order valence-corrected chi connectivity index (χ4v) is 4.64. The van der Waals surface area contributed by atoms with Crippen LogP contribution in [0.1, 0.15) is 39.7 Å². The second-order valence-corrected chi connectivity index (χ2v) is 9.85. The molecule has 0 radical (unpaired) electrons. The Labute approximate surface area is 225 Å². The summed E-state index contributed by atoms with van der Waals surface area (Å²) in [4.78, 5) is 17.6. The highest BCUT2D eigenvalue weighted by atomic mass is 35.5. The average molecular weight is 538 g/mol. The number of hydrogen-bond acceptors (Lipinski definition) is 4. The molecular weight excluding hydrogens is 508 g/mol. The van der Waals surface area contributed by atoms with Gasteiger partial charge in [-0.05, 0) is 66.8 Å². The Hall–Kier alpha value is -3.39. The lowest BCUT2D eigenvalue weighted by Crippen LogP contribution is -2.48. The highest BCUT2D eigenvalue weighted by Gasteiger charge is 2.24. The van der Waals surface area contributed by atoms with Crippen LogP contribution in [0.4, 0.5) is 8.78 Å². The predicted octanol–water partition coefficient (Wildman–Crippen LogP) is 5.53. The molecule has 3 N–H and O–H groups in total. The molecule has 1 heterocycles. The van der Waals surface area contributed by atoms with Crippen molar-refractivity contribution in [3.63, 3.8) is 0 Å². The molecule has 38 heavy (non-hydrogen) atoms. The number of aliphatic hydroxyl groups excluding tert-OH is 1. The third-order valence-corrected chi connectivity index (χ3v) is 6.70. The zero-order valence-corrected chi connectivity index (χ0v) is 22.0. The second-order valence-electron chi connectivity index (χ2n) is 9.44. The Balaban J connectivity index is 1.52. The van der Waals surface area contributed by atoms with E-state index in [-0.39, 0.29) is 18.7 Å². The number of nitrogens with one attached hydrogen (secondary N) is 2. The average Bonchev–Trinajstić information content (AvgIpc) is 2.88. The zero-order chi connectivity index (χ0) is 27.2.